The SMILES string of the molecule is C=CCN(CCO)C(=O)c1cc(-c2ccccc2Cl)n[nH]1. The number of halogens is 1. The lowest BCUT2D eigenvalue weighted by Gasteiger charge is -2.18. The van der Waals surface area contributed by atoms with Gasteiger partial charge in [-0.2, -0.15) is 5.10 Å². The van der Waals surface area contributed by atoms with Crippen LogP contribution in [0, 0.1) is 0 Å². The number of hydrogen-bond donors (Lipinski definition) is 2. The third-order valence-electron chi connectivity index (χ3n) is 2.96. The highest BCUT2D eigenvalue weighted by Gasteiger charge is 2.17. The molecule has 6 heteroatoms. The smallest absolute Gasteiger partial charge is 0.272 e. The number of aromatic nitrogens is 2. The van der Waals surface area contributed by atoms with Crippen molar-refractivity contribution in [2.75, 3.05) is 19.7 Å². The molecule has 2 rings (SSSR count). The van der Waals surface area contributed by atoms with E-state index in [1.165, 1.54) is 4.90 Å². The lowest BCUT2D eigenvalue weighted by atomic mass is 10.1. The summed E-state index contributed by atoms with van der Waals surface area (Å²) >= 11 is 6.11. The summed E-state index contributed by atoms with van der Waals surface area (Å²) in [5, 5.41) is 16.4. The first-order chi connectivity index (χ1) is 10.2. The molecule has 1 aromatic heterocycles. The number of rotatable bonds is 6. The van der Waals surface area contributed by atoms with Gasteiger partial charge in [0.15, 0.2) is 0 Å². The first-order valence-corrected chi connectivity index (χ1v) is 6.86. The zero-order chi connectivity index (χ0) is 15.2. The molecule has 0 fully saturated rings. The van der Waals surface area contributed by atoms with Crippen LogP contribution < -0.4 is 0 Å². The molecule has 0 aliphatic rings. The fourth-order valence-corrected chi connectivity index (χ4v) is 2.19. The van der Waals surface area contributed by atoms with E-state index < -0.39 is 0 Å². The van der Waals surface area contributed by atoms with Crippen LogP contribution in [-0.2, 0) is 0 Å². The minimum atomic E-state index is -0.241. The van der Waals surface area contributed by atoms with Gasteiger partial charge < -0.3 is 10.0 Å². The number of amides is 1. The molecular weight excluding hydrogens is 290 g/mol. The predicted octanol–water partition coefficient (Wildman–Crippen LogP) is 2.35. The predicted molar refractivity (Wildman–Crippen MR) is 82.2 cm³/mol. The number of nitrogens with zero attached hydrogens (tertiary/aromatic N) is 2. The lowest BCUT2D eigenvalue weighted by molar-refractivity contribution is 0.0737. The highest BCUT2D eigenvalue weighted by molar-refractivity contribution is 6.33. The van der Waals surface area contributed by atoms with Crippen LogP contribution in [0.1, 0.15) is 10.5 Å². The van der Waals surface area contributed by atoms with Gasteiger partial charge >= 0.3 is 0 Å². The number of carbonyl (C=O) groups is 1. The molecule has 0 unspecified atom stereocenters. The Morgan fingerprint density at radius 3 is 2.90 bits per heavy atom. The molecule has 1 amide bonds. The van der Waals surface area contributed by atoms with Crippen LogP contribution >= 0.6 is 11.6 Å². The molecule has 5 nitrogen and oxygen atoms in total. The van der Waals surface area contributed by atoms with Gasteiger partial charge in [0.05, 0.1) is 17.3 Å². The molecule has 21 heavy (non-hydrogen) atoms. The number of aliphatic hydroxyl groups is 1. The van der Waals surface area contributed by atoms with Gasteiger partial charge in [-0.25, -0.2) is 0 Å². The van der Waals surface area contributed by atoms with Crippen molar-refractivity contribution in [3.8, 4) is 11.3 Å². The molecule has 0 aliphatic heterocycles. The van der Waals surface area contributed by atoms with Crippen LogP contribution in [0.3, 0.4) is 0 Å². The molecule has 0 atom stereocenters. The molecule has 0 saturated heterocycles. The first kappa shape index (κ1) is 15.3. The summed E-state index contributed by atoms with van der Waals surface area (Å²) in [6.07, 6.45) is 1.61. The maximum Gasteiger partial charge on any atom is 0.272 e. The zero-order valence-electron chi connectivity index (χ0n) is 11.4. The van der Waals surface area contributed by atoms with Crippen molar-refractivity contribution in [2.24, 2.45) is 0 Å². The number of aliphatic hydroxyl groups excluding tert-OH is 1. The summed E-state index contributed by atoms with van der Waals surface area (Å²) in [6.45, 7) is 4.10. The second kappa shape index (κ2) is 7.06. The van der Waals surface area contributed by atoms with E-state index in [1.807, 2.05) is 18.2 Å². The fraction of sp³-hybridized carbons (Fsp3) is 0.200. The number of carbonyl (C=O) groups excluding carboxylic acids is 1. The Hall–Kier alpha value is -2.11. The number of benzene rings is 1. The summed E-state index contributed by atoms with van der Waals surface area (Å²) in [7, 11) is 0. The van der Waals surface area contributed by atoms with Crippen LogP contribution in [0.4, 0.5) is 0 Å². The summed E-state index contributed by atoms with van der Waals surface area (Å²) < 4.78 is 0. The summed E-state index contributed by atoms with van der Waals surface area (Å²) in [5.41, 5.74) is 1.71. The van der Waals surface area contributed by atoms with E-state index in [4.69, 9.17) is 16.7 Å². The summed E-state index contributed by atoms with van der Waals surface area (Å²) in [5.74, 6) is -0.241. The largest absolute Gasteiger partial charge is 0.395 e. The number of H-pyrrole nitrogens is 1. The van der Waals surface area contributed by atoms with Crippen molar-refractivity contribution in [1.29, 1.82) is 0 Å². The number of aromatic amines is 1. The number of nitrogens with one attached hydrogen (secondary N) is 1. The van der Waals surface area contributed by atoms with Gasteiger partial charge in [0.2, 0.25) is 0 Å². The standard InChI is InChI=1S/C15H16ClN3O2/c1-2-7-19(8-9-20)15(21)14-10-13(17-18-14)11-5-3-4-6-12(11)16/h2-6,10,20H,1,7-9H2,(H,17,18). The Morgan fingerprint density at radius 1 is 1.48 bits per heavy atom. The number of hydrogen-bond acceptors (Lipinski definition) is 3. The quantitative estimate of drug-likeness (QED) is 0.805. The highest BCUT2D eigenvalue weighted by Crippen LogP contribution is 2.26. The van der Waals surface area contributed by atoms with Crippen molar-refractivity contribution < 1.29 is 9.90 Å². The normalized spacial score (nSPS) is 10.4. The topological polar surface area (TPSA) is 69.2 Å². The van der Waals surface area contributed by atoms with Crippen LogP contribution in [0.2, 0.25) is 5.02 Å². The van der Waals surface area contributed by atoms with E-state index in [1.54, 1.807) is 18.2 Å². The van der Waals surface area contributed by atoms with Gasteiger partial charge in [-0.3, -0.25) is 9.89 Å². The first-order valence-electron chi connectivity index (χ1n) is 6.48. The minimum Gasteiger partial charge on any atom is -0.395 e. The lowest BCUT2D eigenvalue weighted by Crippen LogP contribution is -2.33. The molecule has 0 saturated carbocycles. The molecule has 0 radical (unpaired) electrons. The van der Waals surface area contributed by atoms with E-state index >= 15 is 0 Å². The summed E-state index contributed by atoms with van der Waals surface area (Å²) in [6, 6.07) is 8.94. The van der Waals surface area contributed by atoms with Crippen molar-refractivity contribution >= 4 is 17.5 Å². The average Bonchev–Trinajstić information content (AvgIpc) is 2.96. The van der Waals surface area contributed by atoms with Crippen LogP contribution in [-0.4, -0.2) is 45.8 Å². The third-order valence-corrected chi connectivity index (χ3v) is 3.29. The molecular formula is C15H16ClN3O2. The molecule has 1 aromatic carbocycles. The monoisotopic (exact) mass is 305 g/mol. The Bertz CT molecular complexity index is 639. The van der Waals surface area contributed by atoms with Crippen LogP contribution in [0.25, 0.3) is 11.3 Å². The zero-order valence-corrected chi connectivity index (χ0v) is 12.2. The van der Waals surface area contributed by atoms with E-state index in [9.17, 15) is 4.79 Å². The Labute approximate surface area is 127 Å². The van der Waals surface area contributed by atoms with E-state index in [0.29, 0.717) is 23.0 Å². The van der Waals surface area contributed by atoms with Gasteiger partial charge in [0.1, 0.15) is 5.69 Å². The van der Waals surface area contributed by atoms with Gasteiger partial charge in [-0.1, -0.05) is 35.9 Å². The van der Waals surface area contributed by atoms with Crippen molar-refractivity contribution in [2.45, 2.75) is 0 Å². The molecule has 110 valence electrons. The van der Waals surface area contributed by atoms with Gasteiger partial charge in [0.25, 0.3) is 5.91 Å². The second-order valence-electron chi connectivity index (χ2n) is 4.41. The molecule has 0 spiro atoms. The minimum absolute atomic E-state index is 0.106. The second-order valence-corrected chi connectivity index (χ2v) is 4.82. The van der Waals surface area contributed by atoms with E-state index in [2.05, 4.69) is 16.8 Å². The van der Waals surface area contributed by atoms with Gasteiger partial charge in [-0.05, 0) is 12.1 Å². The Kier molecular flexibility index (Phi) is 5.14. The van der Waals surface area contributed by atoms with Crippen LogP contribution in [0.15, 0.2) is 43.0 Å². The van der Waals surface area contributed by atoms with Crippen molar-refractivity contribution in [1.82, 2.24) is 15.1 Å². The van der Waals surface area contributed by atoms with Crippen molar-refractivity contribution in [3.63, 3.8) is 0 Å². The molecule has 0 bridgehead atoms. The Morgan fingerprint density at radius 2 is 2.24 bits per heavy atom. The van der Waals surface area contributed by atoms with E-state index in [-0.39, 0.29) is 19.1 Å². The molecule has 2 N–H and O–H groups in total. The maximum atomic E-state index is 12.3. The summed E-state index contributed by atoms with van der Waals surface area (Å²) in [4.78, 5) is 13.8. The van der Waals surface area contributed by atoms with Gasteiger partial charge in [0, 0.05) is 18.7 Å². The molecule has 2 aromatic rings. The third kappa shape index (κ3) is 3.51. The Balaban J connectivity index is 2.25. The van der Waals surface area contributed by atoms with Crippen LogP contribution in [0.5, 0.6) is 0 Å². The van der Waals surface area contributed by atoms with Gasteiger partial charge in [-0.15, -0.1) is 6.58 Å². The fourth-order valence-electron chi connectivity index (χ4n) is 1.96. The maximum absolute atomic E-state index is 12.3. The highest BCUT2D eigenvalue weighted by atomic mass is 35.5. The molecule has 0 aliphatic carbocycles. The van der Waals surface area contributed by atoms with Crippen molar-refractivity contribution in [3.05, 3.63) is 53.7 Å². The average molecular weight is 306 g/mol. The molecule has 1 heterocycles. The van der Waals surface area contributed by atoms with E-state index in [0.717, 1.165) is 5.56 Å².